The zero-order valence-corrected chi connectivity index (χ0v) is 23.6. The molecule has 0 saturated heterocycles. The number of hydrogen-bond donors (Lipinski definition) is 2. The molecule has 5 nitrogen and oxygen atoms in total. The molecule has 1 amide bonds. The molecule has 0 aliphatic heterocycles. The number of nitrogens with one attached hydrogen (secondary N) is 1. The number of benzene rings is 4. The summed E-state index contributed by atoms with van der Waals surface area (Å²) in [6, 6.07) is 27.4. The second-order valence-electron chi connectivity index (χ2n) is 9.32. The van der Waals surface area contributed by atoms with Gasteiger partial charge in [0, 0.05) is 5.56 Å². The number of ether oxygens (including phenoxy) is 1. The van der Waals surface area contributed by atoms with Crippen LogP contribution in [-0.2, 0) is 22.6 Å². The van der Waals surface area contributed by atoms with Crippen LogP contribution < -0.4 is 24.2 Å². The summed E-state index contributed by atoms with van der Waals surface area (Å²) in [4.78, 5) is 24.9. The second kappa shape index (κ2) is 15.0. The Kier molecular flexibility index (Phi) is 11.7. The third-order valence-corrected chi connectivity index (χ3v) is 7.24. The third kappa shape index (κ3) is 8.24. The predicted octanol–water partition coefficient (Wildman–Crippen LogP) is 3.63. The molecule has 39 heavy (non-hydrogen) atoms. The second-order valence-corrected chi connectivity index (χ2v) is 10.3. The Hall–Kier alpha value is -3.01. The van der Waals surface area contributed by atoms with E-state index in [9.17, 15) is 14.7 Å². The molecule has 7 heteroatoms. The molecule has 4 aromatic carbocycles. The molecule has 2 N–H and O–H groups in total. The van der Waals surface area contributed by atoms with E-state index in [1.165, 1.54) is 16.3 Å². The van der Waals surface area contributed by atoms with Gasteiger partial charge in [0.15, 0.2) is 0 Å². The normalized spacial score (nSPS) is 11.5. The van der Waals surface area contributed by atoms with Gasteiger partial charge in [0.1, 0.15) is 6.04 Å². The van der Waals surface area contributed by atoms with Gasteiger partial charge in [-0.3, -0.25) is 4.79 Å². The molecule has 0 aromatic heterocycles. The van der Waals surface area contributed by atoms with Gasteiger partial charge in [-0.25, -0.2) is 4.79 Å². The molecule has 198 valence electrons. The number of carbonyl (C=O) groups excluding carboxylic acids is 1. The van der Waals surface area contributed by atoms with Gasteiger partial charge in [0.25, 0.3) is 5.91 Å². The van der Waals surface area contributed by atoms with Crippen LogP contribution in [0, 0.1) is 6.92 Å². The molecular weight excluding hydrogens is 501 g/mol. The van der Waals surface area contributed by atoms with Crippen molar-refractivity contribution in [3.05, 3.63) is 107 Å². The van der Waals surface area contributed by atoms with Crippen molar-refractivity contribution in [2.75, 3.05) is 18.6 Å². The summed E-state index contributed by atoms with van der Waals surface area (Å²) in [6.45, 7) is 3.00. The van der Waals surface area contributed by atoms with Gasteiger partial charge in [-0.1, -0.05) is 72.8 Å². The summed E-state index contributed by atoms with van der Waals surface area (Å²) in [5, 5.41) is 14.7. The zero-order valence-electron chi connectivity index (χ0n) is 23.8. The number of aryl methyl sites for hydroxylation is 1. The Morgan fingerprint density at radius 3 is 2.38 bits per heavy atom. The van der Waals surface area contributed by atoms with E-state index in [-0.39, 0.29) is 26.2 Å². The Morgan fingerprint density at radius 1 is 0.923 bits per heavy atom. The number of carboxylic acids is 1. The molecule has 0 aliphatic rings. The Balaban J connectivity index is 0.00000280. The predicted molar refractivity (Wildman–Crippen MR) is 157 cm³/mol. The van der Waals surface area contributed by atoms with Crippen LogP contribution in [0.3, 0.4) is 0 Å². The minimum absolute atomic E-state index is 0. The van der Waals surface area contributed by atoms with Crippen LogP contribution in [0.1, 0.15) is 34.9 Å². The van der Waals surface area contributed by atoms with Crippen LogP contribution in [0.2, 0.25) is 0 Å². The molecule has 1 unspecified atom stereocenters. The van der Waals surface area contributed by atoms with E-state index in [0.29, 0.717) is 31.0 Å². The average molecular weight is 536 g/mol. The first kappa shape index (κ1) is 30.5. The number of amides is 1. The van der Waals surface area contributed by atoms with Gasteiger partial charge in [0.2, 0.25) is 0 Å². The molecule has 0 heterocycles. The van der Waals surface area contributed by atoms with Crippen molar-refractivity contribution in [2.45, 2.75) is 32.4 Å². The fraction of sp³-hybridized carbons (Fsp3) is 0.250. The standard InChI is InChI=1S/C32H33NO4S.Li.H/c1-22-7-3-6-10-27(22)29-20-24(12-14-28(29)31(34)33-30(32(35)36)16-18-38-2)21-37-17-15-23-11-13-25-8-4-5-9-26(25)19-23;;/h3-14,19-20,30H,15-18,21H2,1-2H3,(H,33,34)(H,35,36);;/q;+1;-1. The molecule has 4 rings (SSSR count). The van der Waals surface area contributed by atoms with E-state index in [0.717, 1.165) is 28.7 Å². The summed E-state index contributed by atoms with van der Waals surface area (Å²) in [5.74, 6) is -0.765. The van der Waals surface area contributed by atoms with E-state index in [1.807, 2.05) is 61.7 Å². The minimum atomic E-state index is -1.03. The first-order chi connectivity index (χ1) is 18.5. The van der Waals surface area contributed by atoms with Crippen molar-refractivity contribution >= 4 is 34.4 Å². The molecule has 0 spiro atoms. The summed E-state index contributed by atoms with van der Waals surface area (Å²) in [6.07, 6.45) is 3.09. The molecule has 1 atom stereocenters. The number of carbonyl (C=O) groups is 2. The van der Waals surface area contributed by atoms with Crippen LogP contribution >= 0.6 is 11.8 Å². The van der Waals surface area contributed by atoms with Crippen molar-refractivity contribution in [2.24, 2.45) is 0 Å². The first-order valence-electron chi connectivity index (χ1n) is 12.7. The van der Waals surface area contributed by atoms with Crippen LogP contribution in [0.5, 0.6) is 0 Å². The van der Waals surface area contributed by atoms with Gasteiger partial charge >= 0.3 is 24.8 Å². The molecule has 0 radical (unpaired) electrons. The van der Waals surface area contributed by atoms with Gasteiger partial charge in [-0.2, -0.15) is 11.8 Å². The summed E-state index contributed by atoms with van der Waals surface area (Å²) >= 11 is 1.55. The monoisotopic (exact) mass is 535 g/mol. The molecule has 4 aromatic rings. The van der Waals surface area contributed by atoms with Crippen LogP contribution in [0.15, 0.2) is 84.9 Å². The smallest absolute Gasteiger partial charge is 1.00 e. The number of rotatable bonds is 12. The first-order valence-corrected chi connectivity index (χ1v) is 14.1. The van der Waals surface area contributed by atoms with E-state index >= 15 is 0 Å². The van der Waals surface area contributed by atoms with Crippen LogP contribution in [0.25, 0.3) is 21.9 Å². The van der Waals surface area contributed by atoms with Crippen molar-refractivity contribution < 1.29 is 39.7 Å². The SMILES string of the molecule is CSCCC(NC(=O)c1ccc(COCCc2ccc3ccccc3c2)cc1-c1ccccc1C)C(=O)O.[H-].[Li+]. The fourth-order valence-electron chi connectivity index (χ4n) is 4.48. The van der Waals surface area contributed by atoms with E-state index in [2.05, 4.69) is 35.6 Å². The van der Waals surface area contributed by atoms with Crippen molar-refractivity contribution in [3.63, 3.8) is 0 Å². The Labute approximate surface area is 248 Å². The largest absolute Gasteiger partial charge is 1.00 e. The van der Waals surface area contributed by atoms with Crippen molar-refractivity contribution in [1.29, 1.82) is 0 Å². The van der Waals surface area contributed by atoms with E-state index in [1.54, 1.807) is 17.8 Å². The summed E-state index contributed by atoms with van der Waals surface area (Å²) in [7, 11) is 0. The molecule has 0 bridgehead atoms. The zero-order chi connectivity index (χ0) is 26.9. The van der Waals surface area contributed by atoms with Crippen molar-refractivity contribution in [1.82, 2.24) is 5.32 Å². The number of hydrogen-bond acceptors (Lipinski definition) is 4. The molecule has 0 fully saturated rings. The Morgan fingerprint density at radius 2 is 1.64 bits per heavy atom. The minimum Gasteiger partial charge on any atom is -1.00 e. The maximum atomic E-state index is 13.2. The fourth-order valence-corrected chi connectivity index (χ4v) is 4.95. The maximum absolute atomic E-state index is 13.2. The molecule has 0 aliphatic carbocycles. The number of fused-ring (bicyclic) bond motifs is 1. The number of aliphatic carboxylic acids is 1. The van der Waals surface area contributed by atoms with Gasteiger partial charge in [0.05, 0.1) is 13.2 Å². The average Bonchev–Trinajstić information content (AvgIpc) is 2.93. The van der Waals surface area contributed by atoms with Crippen LogP contribution in [-0.4, -0.2) is 41.6 Å². The van der Waals surface area contributed by atoms with Gasteiger partial charge in [-0.05, 0) is 82.5 Å². The molecule has 0 saturated carbocycles. The van der Waals surface area contributed by atoms with Gasteiger partial charge < -0.3 is 16.6 Å². The third-order valence-electron chi connectivity index (χ3n) is 6.60. The van der Waals surface area contributed by atoms with E-state index in [4.69, 9.17) is 4.74 Å². The van der Waals surface area contributed by atoms with Crippen molar-refractivity contribution in [3.8, 4) is 11.1 Å². The molecular formula is C32H34LiNO4S. The summed E-state index contributed by atoms with van der Waals surface area (Å²) in [5.41, 5.74) is 5.38. The van der Waals surface area contributed by atoms with Gasteiger partial charge in [-0.15, -0.1) is 0 Å². The maximum Gasteiger partial charge on any atom is 1.00 e. The number of thioether (sulfide) groups is 1. The topological polar surface area (TPSA) is 75.6 Å². The Bertz CT molecular complexity index is 1430. The van der Waals surface area contributed by atoms with Crippen LogP contribution in [0.4, 0.5) is 0 Å². The number of carboxylic acid groups (broad SMARTS) is 1. The summed E-state index contributed by atoms with van der Waals surface area (Å²) < 4.78 is 6.02. The van der Waals surface area contributed by atoms with E-state index < -0.39 is 12.0 Å². The quantitative estimate of drug-likeness (QED) is 0.214.